The van der Waals surface area contributed by atoms with Gasteiger partial charge in [-0.3, -0.25) is 4.79 Å². The van der Waals surface area contributed by atoms with E-state index in [0.717, 1.165) is 32.7 Å². The molecule has 1 aliphatic carbocycles. The number of nitrogens with one attached hydrogen (secondary N) is 1. The molecule has 0 fully saturated rings. The first-order chi connectivity index (χ1) is 18.3. The monoisotopic (exact) mass is 516 g/mol. The molecule has 0 saturated carbocycles. The number of carbonyl (C=O) groups excluding carboxylic acids is 2. The summed E-state index contributed by atoms with van der Waals surface area (Å²) < 4.78 is 11.5. The van der Waals surface area contributed by atoms with Gasteiger partial charge in [-0.25, -0.2) is 9.59 Å². The molecule has 3 aromatic carbocycles. The van der Waals surface area contributed by atoms with E-state index in [-0.39, 0.29) is 19.1 Å². The van der Waals surface area contributed by atoms with E-state index in [4.69, 9.17) is 9.47 Å². The lowest BCUT2D eigenvalue weighted by molar-refractivity contribution is -0.150. The second-order valence-electron chi connectivity index (χ2n) is 9.41. The molecule has 0 bridgehead atoms. The summed E-state index contributed by atoms with van der Waals surface area (Å²) >= 11 is 0. The highest BCUT2D eigenvalue weighted by molar-refractivity contribution is 5.89. The summed E-state index contributed by atoms with van der Waals surface area (Å²) in [6.07, 6.45) is -1.54. The minimum Gasteiger partial charge on any atom is -0.480 e. The van der Waals surface area contributed by atoms with Crippen LogP contribution in [0.4, 0.5) is 4.79 Å². The van der Waals surface area contributed by atoms with E-state index in [1.807, 2.05) is 78.9 Å². The Labute approximate surface area is 222 Å². The maximum Gasteiger partial charge on any atom is 0.407 e. The summed E-state index contributed by atoms with van der Waals surface area (Å²) in [6.45, 7) is 3.37. The normalized spacial score (nSPS) is 14.5. The first-order valence-electron chi connectivity index (χ1n) is 12.5. The Morgan fingerprint density at radius 2 is 1.45 bits per heavy atom. The van der Waals surface area contributed by atoms with Crippen LogP contribution in [0, 0.1) is 0 Å². The zero-order valence-corrected chi connectivity index (χ0v) is 21.7. The van der Waals surface area contributed by atoms with Gasteiger partial charge in [-0.15, -0.1) is 0 Å². The van der Waals surface area contributed by atoms with Crippen molar-refractivity contribution in [2.45, 2.75) is 44.6 Å². The number of ether oxygens (including phenoxy) is 2. The van der Waals surface area contributed by atoms with Gasteiger partial charge in [0.1, 0.15) is 18.7 Å². The van der Waals surface area contributed by atoms with E-state index in [0.29, 0.717) is 0 Å². The molecule has 0 spiro atoms. The number of alkyl carbamates (subject to hydrolysis) is 1. The molecule has 1 aliphatic rings. The molecule has 198 valence electrons. The molecule has 2 N–H and O–H groups in total. The van der Waals surface area contributed by atoms with Crippen molar-refractivity contribution >= 4 is 18.0 Å². The highest BCUT2D eigenvalue weighted by atomic mass is 16.5. The highest BCUT2D eigenvalue weighted by Crippen LogP contribution is 2.44. The van der Waals surface area contributed by atoms with Crippen molar-refractivity contribution in [2.24, 2.45) is 0 Å². The van der Waals surface area contributed by atoms with E-state index >= 15 is 0 Å². The largest absolute Gasteiger partial charge is 0.480 e. The summed E-state index contributed by atoms with van der Waals surface area (Å²) in [5, 5.41) is 12.0. The second kappa shape index (κ2) is 11.9. The number of amides is 2. The van der Waals surface area contributed by atoms with E-state index in [2.05, 4.69) is 5.32 Å². The van der Waals surface area contributed by atoms with Gasteiger partial charge < -0.3 is 24.8 Å². The number of nitrogens with zero attached hydrogens (tertiary/aromatic N) is 1. The Kier molecular flexibility index (Phi) is 8.43. The van der Waals surface area contributed by atoms with Gasteiger partial charge in [-0.1, -0.05) is 78.9 Å². The number of fused-ring (bicyclic) bond motifs is 3. The predicted molar refractivity (Wildman–Crippen MR) is 143 cm³/mol. The summed E-state index contributed by atoms with van der Waals surface area (Å²) in [5.74, 6) is -1.88. The smallest absolute Gasteiger partial charge is 0.407 e. The lowest BCUT2D eigenvalue weighted by Gasteiger charge is -2.30. The molecular weight excluding hydrogens is 484 g/mol. The molecule has 2 amide bonds. The molecule has 8 nitrogen and oxygen atoms in total. The number of carbonyl (C=O) groups is 3. The molecule has 0 radical (unpaired) electrons. The third kappa shape index (κ3) is 5.86. The van der Waals surface area contributed by atoms with Crippen LogP contribution in [0.1, 0.15) is 36.5 Å². The van der Waals surface area contributed by atoms with E-state index in [9.17, 15) is 19.5 Å². The van der Waals surface area contributed by atoms with Crippen LogP contribution in [0.5, 0.6) is 0 Å². The number of hydrogen-bond donors (Lipinski definition) is 2. The number of hydrogen-bond acceptors (Lipinski definition) is 5. The number of aliphatic carboxylic acids is 1. The number of benzene rings is 3. The number of carboxylic acids is 1. The van der Waals surface area contributed by atoms with Crippen LogP contribution in [0.25, 0.3) is 11.1 Å². The topological polar surface area (TPSA) is 105 Å². The minimum atomic E-state index is -1.15. The summed E-state index contributed by atoms with van der Waals surface area (Å²) in [4.78, 5) is 38.8. The van der Waals surface area contributed by atoms with Gasteiger partial charge in [0.25, 0.3) is 0 Å². The predicted octanol–water partition coefficient (Wildman–Crippen LogP) is 4.43. The van der Waals surface area contributed by atoms with Crippen molar-refractivity contribution < 1.29 is 29.0 Å². The quantitative estimate of drug-likeness (QED) is 0.413. The highest BCUT2D eigenvalue weighted by Gasteiger charge is 2.35. The third-order valence-electron chi connectivity index (χ3n) is 6.99. The Balaban J connectivity index is 1.47. The van der Waals surface area contributed by atoms with Crippen LogP contribution in [0.2, 0.25) is 0 Å². The standard InChI is InChI=1S/C30H32N2O6/c1-19(29(34)35)32(3)28(33)27(20(2)37-17-21-11-5-4-6-12-21)31-30(36)38-18-26-24-15-9-7-13-22(24)23-14-8-10-16-25(23)26/h4-16,19-20,26-27H,17-18H2,1-3H3,(H,31,36)(H,34,35)/t19-,20?,27?/m0/s1. The van der Waals surface area contributed by atoms with Crippen molar-refractivity contribution in [1.29, 1.82) is 0 Å². The number of carboxylic acid groups (broad SMARTS) is 1. The lowest BCUT2D eigenvalue weighted by Crippen LogP contribution is -2.56. The Hall–Kier alpha value is -4.17. The molecule has 0 aliphatic heterocycles. The van der Waals surface area contributed by atoms with Gasteiger partial charge in [0.15, 0.2) is 0 Å². The minimum absolute atomic E-state index is 0.0847. The van der Waals surface area contributed by atoms with Gasteiger partial charge in [-0.2, -0.15) is 0 Å². The van der Waals surface area contributed by atoms with Crippen molar-refractivity contribution in [2.75, 3.05) is 13.7 Å². The van der Waals surface area contributed by atoms with Gasteiger partial charge >= 0.3 is 12.1 Å². The van der Waals surface area contributed by atoms with Crippen LogP contribution in [0.3, 0.4) is 0 Å². The Morgan fingerprint density at radius 1 is 0.895 bits per heavy atom. The summed E-state index contributed by atoms with van der Waals surface area (Å²) in [6, 6.07) is 23.2. The van der Waals surface area contributed by atoms with Crippen molar-refractivity contribution in [3.63, 3.8) is 0 Å². The molecule has 3 atom stereocenters. The average molecular weight is 517 g/mol. The van der Waals surface area contributed by atoms with Gasteiger partial charge in [-0.05, 0) is 41.7 Å². The number of likely N-dealkylation sites (N-methyl/N-ethyl adjacent to an activating group) is 1. The van der Waals surface area contributed by atoms with Gasteiger partial charge in [0, 0.05) is 13.0 Å². The van der Waals surface area contributed by atoms with Gasteiger partial charge in [0.2, 0.25) is 5.91 Å². The second-order valence-corrected chi connectivity index (χ2v) is 9.41. The zero-order valence-electron chi connectivity index (χ0n) is 21.7. The molecule has 2 unspecified atom stereocenters. The average Bonchev–Trinajstić information content (AvgIpc) is 3.26. The first-order valence-corrected chi connectivity index (χ1v) is 12.5. The van der Waals surface area contributed by atoms with Crippen molar-refractivity contribution in [3.05, 3.63) is 95.6 Å². The van der Waals surface area contributed by atoms with Crippen LogP contribution in [0.15, 0.2) is 78.9 Å². The van der Waals surface area contributed by atoms with Crippen molar-refractivity contribution in [1.82, 2.24) is 10.2 Å². The fraction of sp³-hybridized carbons (Fsp3) is 0.300. The van der Waals surface area contributed by atoms with Gasteiger partial charge in [0.05, 0.1) is 12.7 Å². The fourth-order valence-corrected chi connectivity index (χ4v) is 4.62. The fourth-order valence-electron chi connectivity index (χ4n) is 4.62. The molecule has 0 aromatic heterocycles. The molecule has 3 aromatic rings. The van der Waals surface area contributed by atoms with E-state index in [1.54, 1.807) is 6.92 Å². The molecule has 0 heterocycles. The first kappa shape index (κ1) is 26.9. The molecule has 8 heteroatoms. The molecule has 4 rings (SSSR count). The Bertz CT molecular complexity index is 1250. The summed E-state index contributed by atoms with van der Waals surface area (Å²) in [5.41, 5.74) is 5.26. The molecular formula is C30H32N2O6. The third-order valence-corrected chi connectivity index (χ3v) is 6.99. The lowest BCUT2D eigenvalue weighted by atomic mass is 9.98. The van der Waals surface area contributed by atoms with Crippen LogP contribution in [-0.4, -0.2) is 59.8 Å². The van der Waals surface area contributed by atoms with Crippen molar-refractivity contribution in [3.8, 4) is 11.1 Å². The zero-order chi connectivity index (χ0) is 27.2. The molecule has 38 heavy (non-hydrogen) atoms. The van der Waals surface area contributed by atoms with Crippen LogP contribution < -0.4 is 5.32 Å². The number of rotatable bonds is 10. The van der Waals surface area contributed by atoms with E-state index < -0.39 is 36.2 Å². The SMILES string of the molecule is CC(OCc1ccccc1)C(NC(=O)OCC1c2ccccc2-c2ccccc21)C(=O)N(C)[C@@H](C)C(=O)O. The van der Waals surface area contributed by atoms with Crippen LogP contribution >= 0.6 is 0 Å². The van der Waals surface area contributed by atoms with Crippen LogP contribution in [-0.2, 0) is 25.7 Å². The van der Waals surface area contributed by atoms with E-state index in [1.165, 1.54) is 14.0 Å². The summed E-state index contributed by atoms with van der Waals surface area (Å²) in [7, 11) is 1.39. The Morgan fingerprint density at radius 3 is 2.03 bits per heavy atom. The maximum atomic E-state index is 13.3. The molecule has 0 saturated heterocycles. The maximum absolute atomic E-state index is 13.3.